The monoisotopic (exact) mass is 408 g/mol. The second kappa shape index (κ2) is 9.57. The van der Waals surface area contributed by atoms with Crippen molar-refractivity contribution < 1.29 is 19.1 Å². The van der Waals surface area contributed by atoms with Crippen LogP contribution in [0.4, 0.5) is 5.69 Å². The molecule has 28 heavy (non-hydrogen) atoms. The number of aryl methyl sites for hydroxylation is 1. The van der Waals surface area contributed by atoms with Gasteiger partial charge in [-0.1, -0.05) is 0 Å². The Hall–Kier alpha value is -2.58. The molecule has 0 radical (unpaired) electrons. The van der Waals surface area contributed by atoms with Gasteiger partial charge in [0.25, 0.3) is 5.91 Å². The van der Waals surface area contributed by atoms with Gasteiger partial charge in [0.1, 0.15) is 11.3 Å². The van der Waals surface area contributed by atoms with Crippen molar-refractivity contribution in [3.63, 3.8) is 0 Å². The number of halogens is 1. The molecule has 1 aliphatic heterocycles. The van der Waals surface area contributed by atoms with Gasteiger partial charge < -0.3 is 20.1 Å². The smallest absolute Gasteiger partial charge is 0.343 e. The second-order valence-corrected chi connectivity index (χ2v) is 6.53. The minimum absolute atomic E-state index is 0. The summed E-state index contributed by atoms with van der Waals surface area (Å²) >= 11 is 0. The molecule has 2 N–H and O–H groups in total. The first-order valence-corrected chi connectivity index (χ1v) is 8.88. The molecule has 1 amide bonds. The minimum Gasteiger partial charge on any atom is -0.482 e. The van der Waals surface area contributed by atoms with Crippen LogP contribution < -0.4 is 15.4 Å². The normalized spacial score (nSPS) is 15.2. The molecular formula is C19H25ClN4O4. The number of carbonyl (C=O) groups excluding carboxylic acids is 2. The summed E-state index contributed by atoms with van der Waals surface area (Å²) in [6, 6.07) is 7.10. The van der Waals surface area contributed by atoms with E-state index in [1.165, 1.54) is 7.11 Å². The summed E-state index contributed by atoms with van der Waals surface area (Å²) in [6.45, 7) is 3.24. The van der Waals surface area contributed by atoms with E-state index in [1.807, 2.05) is 19.2 Å². The zero-order valence-electron chi connectivity index (χ0n) is 15.9. The highest BCUT2D eigenvalue weighted by Gasteiger charge is 2.42. The van der Waals surface area contributed by atoms with Crippen molar-refractivity contribution in [3.8, 4) is 5.75 Å². The maximum atomic E-state index is 13.2. The SMILES string of the molecule is COC(=O)COc1ccc(NC(=O)C2(n3cccn3)CCNCC2)c(C)c1.Cl. The average molecular weight is 409 g/mol. The molecule has 8 nitrogen and oxygen atoms in total. The molecule has 0 atom stereocenters. The van der Waals surface area contributed by atoms with Crippen LogP contribution in [0.5, 0.6) is 5.75 Å². The van der Waals surface area contributed by atoms with Crippen molar-refractivity contribution in [2.75, 3.05) is 32.1 Å². The number of anilines is 1. The summed E-state index contributed by atoms with van der Waals surface area (Å²) in [4.78, 5) is 24.4. The van der Waals surface area contributed by atoms with Gasteiger partial charge in [0.2, 0.25) is 0 Å². The van der Waals surface area contributed by atoms with Crippen molar-refractivity contribution in [2.24, 2.45) is 0 Å². The fourth-order valence-electron chi connectivity index (χ4n) is 3.23. The van der Waals surface area contributed by atoms with Gasteiger partial charge in [0.15, 0.2) is 6.61 Å². The van der Waals surface area contributed by atoms with Gasteiger partial charge in [-0.2, -0.15) is 5.10 Å². The van der Waals surface area contributed by atoms with Crippen molar-refractivity contribution in [2.45, 2.75) is 25.3 Å². The first kappa shape index (κ1) is 21.7. The topological polar surface area (TPSA) is 94.5 Å². The lowest BCUT2D eigenvalue weighted by Gasteiger charge is -2.36. The molecule has 1 aromatic heterocycles. The van der Waals surface area contributed by atoms with E-state index < -0.39 is 11.5 Å². The van der Waals surface area contributed by atoms with Crippen molar-refractivity contribution in [1.82, 2.24) is 15.1 Å². The summed E-state index contributed by atoms with van der Waals surface area (Å²) in [5, 5.41) is 10.7. The van der Waals surface area contributed by atoms with Crippen LogP contribution in [-0.4, -0.2) is 48.5 Å². The number of carbonyl (C=O) groups is 2. The number of hydrogen-bond acceptors (Lipinski definition) is 6. The number of hydrogen-bond donors (Lipinski definition) is 2. The van der Waals surface area contributed by atoms with E-state index >= 15 is 0 Å². The third-order valence-corrected chi connectivity index (χ3v) is 4.83. The summed E-state index contributed by atoms with van der Waals surface area (Å²) in [7, 11) is 1.31. The Labute approximate surface area is 170 Å². The zero-order chi connectivity index (χ0) is 19.3. The van der Waals surface area contributed by atoms with Crippen LogP contribution in [0.2, 0.25) is 0 Å². The molecule has 152 valence electrons. The molecule has 9 heteroatoms. The van der Waals surface area contributed by atoms with Gasteiger partial charge in [-0.05, 0) is 62.7 Å². The Kier molecular flexibility index (Phi) is 7.42. The largest absolute Gasteiger partial charge is 0.482 e. The van der Waals surface area contributed by atoms with E-state index in [9.17, 15) is 9.59 Å². The molecule has 1 aromatic carbocycles. The highest BCUT2D eigenvalue weighted by atomic mass is 35.5. The van der Waals surface area contributed by atoms with Gasteiger partial charge in [-0.15, -0.1) is 12.4 Å². The maximum absolute atomic E-state index is 13.2. The second-order valence-electron chi connectivity index (χ2n) is 6.53. The maximum Gasteiger partial charge on any atom is 0.343 e. The zero-order valence-corrected chi connectivity index (χ0v) is 16.8. The molecule has 0 unspecified atom stereocenters. The first-order valence-electron chi connectivity index (χ1n) is 8.88. The van der Waals surface area contributed by atoms with Crippen molar-refractivity contribution in [1.29, 1.82) is 0 Å². The molecule has 1 aliphatic rings. The number of esters is 1. The van der Waals surface area contributed by atoms with Crippen LogP contribution in [0, 0.1) is 6.92 Å². The number of nitrogens with zero attached hydrogens (tertiary/aromatic N) is 2. The summed E-state index contributed by atoms with van der Waals surface area (Å²) in [5.41, 5.74) is 0.840. The third kappa shape index (κ3) is 4.63. The number of rotatable bonds is 6. The van der Waals surface area contributed by atoms with Crippen molar-refractivity contribution in [3.05, 3.63) is 42.2 Å². The lowest BCUT2D eigenvalue weighted by molar-refractivity contribution is -0.142. The van der Waals surface area contributed by atoms with Crippen LogP contribution in [0.15, 0.2) is 36.7 Å². The van der Waals surface area contributed by atoms with E-state index in [0.717, 1.165) is 18.7 Å². The fourth-order valence-corrected chi connectivity index (χ4v) is 3.23. The van der Waals surface area contributed by atoms with Crippen LogP contribution >= 0.6 is 12.4 Å². The Bertz CT molecular complexity index is 804. The quantitative estimate of drug-likeness (QED) is 0.709. The molecule has 0 saturated carbocycles. The van der Waals surface area contributed by atoms with Crippen LogP contribution in [-0.2, 0) is 19.9 Å². The number of amides is 1. The van der Waals surface area contributed by atoms with Gasteiger partial charge in [0.05, 0.1) is 7.11 Å². The molecule has 0 bridgehead atoms. The summed E-state index contributed by atoms with van der Waals surface area (Å²) in [5.74, 6) is 0.00990. The van der Waals surface area contributed by atoms with Gasteiger partial charge >= 0.3 is 5.97 Å². The van der Waals surface area contributed by atoms with Crippen LogP contribution in [0.25, 0.3) is 0 Å². The predicted molar refractivity (Wildman–Crippen MR) is 107 cm³/mol. The number of nitrogens with one attached hydrogen (secondary N) is 2. The van der Waals surface area contributed by atoms with Gasteiger partial charge in [-0.25, -0.2) is 4.79 Å². The lowest BCUT2D eigenvalue weighted by atomic mass is 9.87. The molecular weight excluding hydrogens is 384 g/mol. The molecule has 0 aliphatic carbocycles. The van der Waals surface area contributed by atoms with E-state index in [-0.39, 0.29) is 24.9 Å². The minimum atomic E-state index is -0.707. The highest BCUT2D eigenvalue weighted by Crippen LogP contribution is 2.30. The van der Waals surface area contributed by atoms with Gasteiger partial charge in [-0.3, -0.25) is 9.48 Å². The molecule has 0 spiro atoms. The van der Waals surface area contributed by atoms with E-state index in [0.29, 0.717) is 24.3 Å². The molecule has 1 fully saturated rings. The molecule has 2 heterocycles. The number of ether oxygens (including phenoxy) is 2. The Morgan fingerprint density at radius 3 is 2.68 bits per heavy atom. The van der Waals surface area contributed by atoms with E-state index in [4.69, 9.17) is 4.74 Å². The highest BCUT2D eigenvalue weighted by molar-refractivity contribution is 5.97. The predicted octanol–water partition coefficient (Wildman–Crippen LogP) is 1.88. The fraction of sp³-hybridized carbons (Fsp3) is 0.421. The number of piperidine rings is 1. The van der Waals surface area contributed by atoms with E-state index in [2.05, 4.69) is 20.5 Å². The lowest BCUT2D eigenvalue weighted by Crippen LogP contribution is -2.52. The van der Waals surface area contributed by atoms with Crippen LogP contribution in [0.3, 0.4) is 0 Å². The van der Waals surface area contributed by atoms with Crippen LogP contribution in [0.1, 0.15) is 18.4 Å². The summed E-state index contributed by atoms with van der Waals surface area (Å²) in [6.07, 6.45) is 4.86. The Morgan fingerprint density at radius 1 is 1.32 bits per heavy atom. The number of benzene rings is 1. The number of methoxy groups -OCH3 is 1. The molecule has 3 rings (SSSR count). The number of aromatic nitrogens is 2. The molecule has 1 saturated heterocycles. The van der Waals surface area contributed by atoms with E-state index in [1.54, 1.807) is 29.1 Å². The Morgan fingerprint density at radius 2 is 2.07 bits per heavy atom. The van der Waals surface area contributed by atoms with Gasteiger partial charge in [0, 0.05) is 18.1 Å². The standard InChI is InChI=1S/C19H24N4O4.ClH/c1-14-12-15(27-13-17(24)26-2)4-5-16(14)22-18(25)19(6-9-20-10-7-19)23-11-3-8-21-23;/h3-5,8,11-12,20H,6-7,9-10,13H2,1-2H3,(H,22,25);1H. The Balaban J connectivity index is 0.00000280. The average Bonchev–Trinajstić information content (AvgIpc) is 3.23. The summed E-state index contributed by atoms with van der Waals surface area (Å²) < 4.78 is 11.7. The first-order chi connectivity index (χ1) is 13.0. The third-order valence-electron chi connectivity index (χ3n) is 4.83. The van der Waals surface area contributed by atoms with Crippen molar-refractivity contribution >= 4 is 30.0 Å². The molecule has 2 aromatic rings.